The molecule has 1 aliphatic heterocycles. The van der Waals surface area contributed by atoms with E-state index in [0.717, 1.165) is 0 Å². The Morgan fingerprint density at radius 1 is 1.14 bits per heavy atom. The molecular formula is C25H18FIN2O6. The van der Waals surface area contributed by atoms with Crippen LogP contribution >= 0.6 is 22.6 Å². The smallest absolute Gasteiger partial charge is 0.363 e. The summed E-state index contributed by atoms with van der Waals surface area (Å²) in [5, 5.41) is 10.8. The largest absolute Gasteiger partial charge is 0.490 e. The first kappa shape index (κ1) is 24.3. The average Bonchev–Trinajstić information content (AvgIpc) is 3.20. The molecule has 0 radical (unpaired) electrons. The highest BCUT2D eigenvalue weighted by molar-refractivity contribution is 14.1. The Morgan fingerprint density at radius 2 is 1.89 bits per heavy atom. The number of rotatable bonds is 8. The maximum Gasteiger partial charge on any atom is 0.363 e. The number of aliphatic imine (C=N–C) groups is 1. The molecule has 0 atom stereocenters. The molecular weight excluding hydrogens is 570 g/mol. The molecule has 0 saturated carbocycles. The average molecular weight is 588 g/mol. The fourth-order valence-corrected chi connectivity index (χ4v) is 4.04. The van der Waals surface area contributed by atoms with Crippen LogP contribution in [0.3, 0.4) is 0 Å². The van der Waals surface area contributed by atoms with Crippen molar-refractivity contribution in [3.05, 3.63) is 103 Å². The van der Waals surface area contributed by atoms with Crippen LogP contribution in [0.2, 0.25) is 0 Å². The second kappa shape index (κ2) is 10.6. The number of esters is 1. The number of halogens is 2. The molecule has 178 valence electrons. The van der Waals surface area contributed by atoms with Crippen LogP contribution in [0.15, 0.2) is 71.4 Å². The maximum atomic E-state index is 14.0. The lowest BCUT2D eigenvalue weighted by Crippen LogP contribution is -2.05. The van der Waals surface area contributed by atoms with Crippen molar-refractivity contribution in [3.63, 3.8) is 0 Å². The molecule has 0 saturated heterocycles. The van der Waals surface area contributed by atoms with Gasteiger partial charge in [0, 0.05) is 23.3 Å². The van der Waals surface area contributed by atoms with E-state index in [-0.39, 0.29) is 29.7 Å². The minimum atomic E-state index is -0.647. The van der Waals surface area contributed by atoms with E-state index in [1.54, 1.807) is 36.4 Å². The summed E-state index contributed by atoms with van der Waals surface area (Å²) in [4.78, 5) is 27.0. The molecule has 3 aromatic carbocycles. The van der Waals surface area contributed by atoms with E-state index in [1.165, 1.54) is 30.3 Å². The van der Waals surface area contributed by atoms with Gasteiger partial charge < -0.3 is 14.2 Å². The van der Waals surface area contributed by atoms with Gasteiger partial charge >= 0.3 is 5.97 Å². The Hall–Kier alpha value is -3.80. The van der Waals surface area contributed by atoms with E-state index in [0.29, 0.717) is 38.4 Å². The number of carbonyl (C=O) groups is 1. The lowest BCUT2D eigenvalue weighted by atomic mass is 10.1. The molecule has 1 aliphatic rings. The number of benzene rings is 3. The maximum absolute atomic E-state index is 14.0. The van der Waals surface area contributed by atoms with Crippen molar-refractivity contribution >= 4 is 46.2 Å². The Kier molecular flexibility index (Phi) is 7.39. The van der Waals surface area contributed by atoms with Gasteiger partial charge in [-0.3, -0.25) is 10.1 Å². The van der Waals surface area contributed by atoms with E-state index in [1.807, 2.05) is 6.92 Å². The fraction of sp³-hybridized carbons (Fsp3) is 0.120. The number of nitro benzene ring substituents is 1. The Bertz CT molecular complexity index is 1350. The summed E-state index contributed by atoms with van der Waals surface area (Å²) in [5.74, 6) is -0.0504. The summed E-state index contributed by atoms with van der Waals surface area (Å²) in [6.45, 7) is 2.23. The normalized spacial score (nSPS) is 14.0. The zero-order chi connectivity index (χ0) is 24.9. The molecule has 0 spiro atoms. The molecule has 0 aromatic heterocycles. The van der Waals surface area contributed by atoms with Crippen molar-refractivity contribution in [2.45, 2.75) is 13.5 Å². The molecule has 3 aromatic rings. The molecule has 0 amide bonds. The third-order valence-electron chi connectivity index (χ3n) is 4.91. The lowest BCUT2D eigenvalue weighted by Gasteiger charge is -2.15. The Balaban J connectivity index is 1.60. The predicted octanol–water partition coefficient (Wildman–Crippen LogP) is 5.66. The minimum Gasteiger partial charge on any atom is -0.490 e. The van der Waals surface area contributed by atoms with Gasteiger partial charge in [-0.1, -0.05) is 18.2 Å². The van der Waals surface area contributed by atoms with Gasteiger partial charge in [0.1, 0.15) is 12.4 Å². The second-order valence-electron chi connectivity index (χ2n) is 7.28. The topological polar surface area (TPSA) is 100 Å². The summed E-state index contributed by atoms with van der Waals surface area (Å²) in [6.07, 6.45) is 1.55. The third kappa shape index (κ3) is 5.65. The number of ether oxygens (including phenoxy) is 3. The monoisotopic (exact) mass is 588 g/mol. The van der Waals surface area contributed by atoms with E-state index in [4.69, 9.17) is 14.2 Å². The molecule has 8 nitrogen and oxygen atoms in total. The second-order valence-corrected chi connectivity index (χ2v) is 8.45. The summed E-state index contributed by atoms with van der Waals surface area (Å²) in [6, 6.07) is 15.4. The van der Waals surface area contributed by atoms with Gasteiger partial charge in [-0.2, -0.15) is 0 Å². The van der Waals surface area contributed by atoms with Gasteiger partial charge in [0.05, 0.1) is 15.1 Å². The molecule has 0 N–H and O–H groups in total. The summed E-state index contributed by atoms with van der Waals surface area (Å²) < 4.78 is 31.5. The number of non-ortho nitro benzene ring substituents is 1. The van der Waals surface area contributed by atoms with E-state index in [9.17, 15) is 19.3 Å². The number of nitrogens with zero attached hydrogens (tertiary/aromatic N) is 2. The summed E-state index contributed by atoms with van der Waals surface area (Å²) >= 11 is 2.08. The molecule has 35 heavy (non-hydrogen) atoms. The van der Waals surface area contributed by atoms with Crippen LogP contribution in [0, 0.1) is 19.5 Å². The van der Waals surface area contributed by atoms with Crippen LogP contribution in [0.25, 0.3) is 6.08 Å². The highest BCUT2D eigenvalue weighted by Gasteiger charge is 2.25. The molecule has 4 rings (SSSR count). The van der Waals surface area contributed by atoms with Gasteiger partial charge in [0.25, 0.3) is 5.69 Å². The fourth-order valence-electron chi connectivity index (χ4n) is 3.26. The number of nitro groups is 1. The first-order valence-electron chi connectivity index (χ1n) is 10.5. The van der Waals surface area contributed by atoms with E-state index in [2.05, 4.69) is 27.6 Å². The van der Waals surface area contributed by atoms with Crippen LogP contribution in [0.4, 0.5) is 10.1 Å². The van der Waals surface area contributed by atoms with Gasteiger partial charge in [-0.05, 0) is 71.5 Å². The zero-order valence-corrected chi connectivity index (χ0v) is 20.5. The quantitative estimate of drug-likeness (QED) is 0.111. The van der Waals surface area contributed by atoms with Crippen molar-refractivity contribution in [2.75, 3.05) is 6.61 Å². The van der Waals surface area contributed by atoms with Crippen LogP contribution in [-0.2, 0) is 16.1 Å². The highest BCUT2D eigenvalue weighted by atomic mass is 127. The van der Waals surface area contributed by atoms with Crippen LogP contribution in [0.5, 0.6) is 11.5 Å². The highest BCUT2D eigenvalue weighted by Crippen LogP contribution is 2.36. The molecule has 10 heteroatoms. The van der Waals surface area contributed by atoms with E-state index >= 15 is 0 Å². The lowest BCUT2D eigenvalue weighted by molar-refractivity contribution is -0.384. The molecule has 1 heterocycles. The predicted molar refractivity (Wildman–Crippen MR) is 135 cm³/mol. The SMILES string of the molecule is CCOc1cc(/C=C2\N=C(c3ccc([N+](=O)[O-])cc3)OC2=O)cc(I)c1OCc1ccccc1F. The van der Waals surface area contributed by atoms with Gasteiger partial charge in [-0.25, -0.2) is 14.2 Å². The molecule has 0 fully saturated rings. The molecule has 0 unspecified atom stereocenters. The summed E-state index contributed by atoms with van der Waals surface area (Å²) in [7, 11) is 0. The standard InChI is InChI=1S/C25H18FIN2O6/c1-2-33-22-13-15(11-20(27)23(22)34-14-17-5-3-4-6-19(17)26)12-21-25(30)35-24(28-21)16-7-9-18(10-8-16)29(31)32/h3-13H,2,14H2,1H3/b21-12-. The Labute approximate surface area is 213 Å². The van der Waals surface area contributed by atoms with Crippen molar-refractivity contribution < 1.29 is 28.3 Å². The van der Waals surface area contributed by atoms with Gasteiger partial charge in [0.15, 0.2) is 17.2 Å². The molecule has 0 bridgehead atoms. The number of carbonyl (C=O) groups excluding carboxylic acids is 1. The number of hydrogen-bond donors (Lipinski definition) is 0. The summed E-state index contributed by atoms with van der Waals surface area (Å²) in [5.41, 5.74) is 1.46. The number of hydrogen-bond acceptors (Lipinski definition) is 7. The van der Waals surface area contributed by atoms with Gasteiger partial charge in [-0.15, -0.1) is 0 Å². The minimum absolute atomic E-state index is 0.0262. The molecule has 0 aliphatic carbocycles. The van der Waals surface area contributed by atoms with Crippen LogP contribution in [0.1, 0.15) is 23.6 Å². The van der Waals surface area contributed by atoms with Crippen LogP contribution in [-0.4, -0.2) is 23.4 Å². The van der Waals surface area contributed by atoms with Crippen molar-refractivity contribution in [3.8, 4) is 11.5 Å². The van der Waals surface area contributed by atoms with Crippen molar-refractivity contribution in [2.24, 2.45) is 4.99 Å². The Morgan fingerprint density at radius 3 is 2.57 bits per heavy atom. The third-order valence-corrected chi connectivity index (χ3v) is 5.71. The van der Waals surface area contributed by atoms with Crippen molar-refractivity contribution in [1.29, 1.82) is 0 Å². The first-order valence-corrected chi connectivity index (χ1v) is 11.5. The zero-order valence-electron chi connectivity index (χ0n) is 18.4. The van der Waals surface area contributed by atoms with Crippen LogP contribution < -0.4 is 9.47 Å². The van der Waals surface area contributed by atoms with Crippen molar-refractivity contribution in [1.82, 2.24) is 0 Å². The van der Waals surface area contributed by atoms with Gasteiger partial charge in [0.2, 0.25) is 5.90 Å². The van der Waals surface area contributed by atoms with E-state index < -0.39 is 10.9 Å². The number of cyclic esters (lactones) is 1. The first-order chi connectivity index (χ1) is 16.9.